The lowest BCUT2D eigenvalue weighted by Gasteiger charge is -2.36. The van der Waals surface area contributed by atoms with Gasteiger partial charge in [0.2, 0.25) is 23.6 Å². The predicted octanol–water partition coefficient (Wildman–Crippen LogP) is 9.79. The van der Waals surface area contributed by atoms with Crippen LogP contribution >= 0.6 is 0 Å². The Kier molecular flexibility index (Phi) is 15.7. The molecule has 6 heterocycles. The number of fused-ring (bicyclic) bond motifs is 10. The molecule has 0 aromatic heterocycles. The van der Waals surface area contributed by atoms with E-state index < -0.39 is 0 Å². The van der Waals surface area contributed by atoms with Crippen LogP contribution < -0.4 is 0 Å². The minimum absolute atomic E-state index is 0.00888. The Labute approximate surface area is 347 Å². The zero-order chi connectivity index (χ0) is 41.2. The van der Waals surface area contributed by atoms with Crippen LogP contribution in [0.15, 0.2) is 79.4 Å². The molecular weight excluding hydrogens is 725 g/mol. The van der Waals surface area contributed by atoms with E-state index in [1.54, 1.807) is 4.90 Å². The van der Waals surface area contributed by atoms with Gasteiger partial charge in [0.15, 0.2) is 0 Å². The Hall–Kier alpha value is -3.88. The number of ether oxygens (including phenoxy) is 2. The highest BCUT2D eigenvalue weighted by atomic mass is 16.5. The van der Waals surface area contributed by atoms with E-state index in [1.807, 2.05) is 54.6 Å². The van der Waals surface area contributed by atoms with Gasteiger partial charge in [-0.05, 0) is 48.1 Å². The van der Waals surface area contributed by atoms with E-state index in [-0.39, 0.29) is 71.7 Å². The van der Waals surface area contributed by atoms with Gasteiger partial charge in [-0.25, -0.2) is 0 Å². The van der Waals surface area contributed by atoms with E-state index in [1.165, 1.54) is 67.4 Å². The fraction of sp³-hybridized carbons (Fsp3) is 0.600. The maximum Gasteiger partial charge on any atom is 0.236 e. The first-order valence-electron chi connectivity index (χ1n) is 22.7. The van der Waals surface area contributed by atoms with Crippen molar-refractivity contribution in [3.8, 4) is 0 Å². The molecule has 0 aliphatic carbocycles. The number of rotatable bonds is 18. The first-order chi connectivity index (χ1) is 28.3. The number of unbranched alkanes of at least 4 members (excludes halogenated alkanes) is 10. The molecule has 11 unspecified atom stereocenters. The molecule has 8 rings (SSSR count). The first-order valence-corrected chi connectivity index (χ1v) is 22.7. The van der Waals surface area contributed by atoms with Gasteiger partial charge in [-0.15, -0.1) is 0 Å². The molecule has 8 heteroatoms. The van der Waals surface area contributed by atoms with Gasteiger partial charge in [-0.2, -0.15) is 0 Å². The van der Waals surface area contributed by atoms with Crippen LogP contribution in [0.2, 0.25) is 0 Å². The van der Waals surface area contributed by atoms with Crippen LogP contribution in [0.3, 0.4) is 0 Å². The quantitative estimate of drug-likeness (QED) is 0.0848. The summed E-state index contributed by atoms with van der Waals surface area (Å²) in [5, 5.41) is 0. The van der Waals surface area contributed by atoms with Gasteiger partial charge in [0.1, 0.15) is 0 Å². The molecule has 2 aromatic rings. The molecule has 0 saturated carbocycles. The number of carbonyl (C=O) groups excluding carboxylic acids is 4. The van der Waals surface area contributed by atoms with Gasteiger partial charge in [-0.3, -0.25) is 29.0 Å². The van der Waals surface area contributed by atoms with Gasteiger partial charge in [-0.1, -0.05) is 177 Å². The summed E-state index contributed by atoms with van der Waals surface area (Å²) in [4.78, 5) is 54.2. The van der Waals surface area contributed by atoms with Crippen molar-refractivity contribution in [1.82, 2.24) is 9.80 Å². The minimum atomic E-state index is -0.262. The van der Waals surface area contributed by atoms with Crippen LogP contribution in [-0.2, 0) is 28.7 Å². The summed E-state index contributed by atoms with van der Waals surface area (Å²) >= 11 is 0. The molecule has 58 heavy (non-hydrogen) atoms. The monoisotopic (exact) mass is 793 g/mol. The molecule has 5 saturated heterocycles. The zero-order valence-electron chi connectivity index (χ0n) is 35.5. The normalized spacial score (nSPS) is 30.3. The number of benzene rings is 2. The van der Waals surface area contributed by atoms with Crippen LogP contribution in [0.1, 0.15) is 128 Å². The Bertz CT molecular complexity index is 1680. The largest absolute Gasteiger partial charge is 0.373 e. The Morgan fingerprint density at radius 2 is 1.03 bits per heavy atom. The lowest BCUT2D eigenvalue weighted by molar-refractivity contribution is -0.144. The van der Waals surface area contributed by atoms with E-state index >= 15 is 0 Å². The molecule has 314 valence electrons. The number of likely N-dealkylation sites (tertiary alicyclic amines) is 2. The molecule has 5 fully saturated rings. The van der Waals surface area contributed by atoms with Gasteiger partial charge in [0, 0.05) is 13.1 Å². The van der Waals surface area contributed by atoms with Gasteiger partial charge < -0.3 is 9.47 Å². The standard InChI is InChI=1S/C26H37NO3.C16H23NO3.C8H8/c1-4-6-7-8-9-13-16-27-25(28)21-22(26(27)29)24-20(17(3)23(21)30-24)19(5-2)18-14-11-10-12-15-18;1-2-3-4-5-6-7-10-17-15(18)13-11-8-9-12(20-11)14(13)16(17)19;1-2-8-6-4-3-5-7-8/h10-12,14-15,17,19-24H,4-9,13,16H2,1-3H3;8-9,11-14H,2-7,10H2,1H3;2-7H,1H2. The molecule has 8 nitrogen and oxygen atoms in total. The third-order valence-corrected chi connectivity index (χ3v) is 13.7. The summed E-state index contributed by atoms with van der Waals surface area (Å²) in [5.41, 5.74) is 2.50. The van der Waals surface area contributed by atoms with Crippen molar-refractivity contribution in [2.24, 2.45) is 35.5 Å². The maximum atomic E-state index is 13.3. The number of amides is 4. The molecule has 6 aliphatic heterocycles. The lowest BCUT2D eigenvalue weighted by Crippen LogP contribution is -2.42. The highest BCUT2D eigenvalue weighted by Gasteiger charge is 2.68. The van der Waals surface area contributed by atoms with Crippen molar-refractivity contribution in [2.75, 3.05) is 13.1 Å². The third-order valence-electron chi connectivity index (χ3n) is 13.7. The van der Waals surface area contributed by atoms with Gasteiger partial charge in [0.05, 0.1) is 48.1 Å². The SMILES string of the molecule is C=Cc1ccccc1.CCCCCCCCN1C(=O)C2C3C=CC(O3)C2C1=O.CCCCCCCCN1C(=O)C2C3OC(C2C1=O)C(C(CC)c1ccccc1)C3C. The number of hydrogen-bond donors (Lipinski definition) is 0. The maximum absolute atomic E-state index is 13.3. The average Bonchev–Trinajstić information content (AvgIpc) is 4.10. The number of carbonyl (C=O) groups is 4. The Morgan fingerprint density at radius 3 is 1.50 bits per heavy atom. The fourth-order valence-electron chi connectivity index (χ4n) is 10.6. The molecule has 11 atom stereocenters. The summed E-state index contributed by atoms with van der Waals surface area (Å²) in [6.45, 7) is 13.7. The lowest BCUT2D eigenvalue weighted by atomic mass is 9.64. The van der Waals surface area contributed by atoms with E-state index in [0.717, 1.165) is 32.1 Å². The van der Waals surface area contributed by atoms with Crippen LogP contribution in [0.5, 0.6) is 0 Å². The molecule has 2 aromatic carbocycles. The predicted molar refractivity (Wildman–Crippen MR) is 229 cm³/mol. The van der Waals surface area contributed by atoms with Crippen molar-refractivity contribution in [3.05, 3.63) is 90.5 Å². The highest BCUT2D eigenvalue weighted by Crippen LogP contribution is 2.57. The molecule has 4 amide bonds. The second-order valence-electron chi connectivity index (χ2n) is 17.3. The fourth-order valence-corrected chi connectivity index (χ4v) is 10.6. The van der Waals surface area contributed by atoms with Crippen LogP contribution in [0, 0.1) is 35.5 Å². The summed E-state index contributed by atoms with van der Waals surface area (Å²) in [7, 11) is 0. The van der Waals surface area contributed by atoms with Crippen molar-refractivity contribution in [1.29, 1.82) is 0 Å². The van der Waals surface area contributed by atoms with Gasteiger partial charge in [0.25, 0.3) is 0 Å². The molecule has 0 N–H and O–H groups in total. The van der Waals surface area contributed by atoms with Crippen molar-refractivity contribution in [3.63, 3.8) is 0 Å². The molecule has 6 aliphatic rings. The van der Waals surface area contributed by atoms with Gasteiger partial charge >= 0.3 is 0 Å². The zero-order valence-corrected chi connectivity index (χ0v) is 35.5. The van der Waals surface area contributed by atoms with Crippen molar-refractivity contribution >= 4 is 29.7 Å². The van der Waals surface area contributed by atoms with E-state index in [0.29, 0.717) is 30.8 Å². The number of nitrogens with zero attached hydrogens (tertiary/aromatic N) is 2. The first kappa shape index (κ1) is 43.7. The van der Waals surface area contributed by atoms with E-state index in [2.05, 4.69) is 58.5 Å². The molecular formula is C50H68N2O6. The van der Waals surface area contributed by atoms with Crippen LogP contribution in [0.25, 0.3) is 6.08 Å². The molecule has 0 spiro atoms. The average molecular weight is 793 g/mol. The summed E-state index contributed by atoms with van der Waals surface area (Å²) in [6, 6.07) is 20.6. The Balaban J connectivity index is 0.000000173. The third kappa shape index (κ3) is 9.28. The van der Waals surface area contributed by atoms with Crippen LogP contribution in [-0.4, -0.2) is 70.9 Å². The molecule has 0 radical (unpaired) electrons. The van der Waals surface area contributed by atoms with Crippen molar-refractivity contribution in [2.45, 2.75) is 141 Å². The minimum Gasteiger partial charge on any atom is -0.373 e. The van der Waals surface area contributed by atoms with E-state index in [9.17, 15) is 19.2 Å². The second kappa shape index (κ2) is 20.9. The summed E-state index contributed by atoms with van der Waals surface area (Å²) in [5.74, 6) is 0.0267. The Morgan fingerprint density at radius 1 is 0.586 bits per heavy atom. The number of imide groups is 2. The number of hydrogen-bond acceptors (Lipinski definition) is 6. The topological polar surface area (TPSA) is 93.2 Å². The second-order valence-corrected chi connectivity index (χ2v) is 17.3. The molecule has 4 bridgehead atoms. The summed E-state index contributed by atoms with van der Waals surface area (Å²) in [6.07, 6.45) is 20.2. The summed E-state index contributed by atoms with van der Waals surface area (Å²) < 4.78 is 12.0. The van der Waals surface area contributed by atoms with Crippen molar-refractivity contribution < 1.29 is 28.7 Å². The smallest absolute Gasteiger partial charge is 0.236 e. The van der Waals surface area contributed by atoms with E-state index in [4.69, 9.17) is 9.47 Å². The highest BCUT2D eigenvalue weighted by molar-refractivity contribution is 6.07. The van der Waals surface area contributed by atoms with Crippen LogP contribution in [0.4, 0.5) is 0 Å².